The molecule has 0 aliphatic rings. The van der Waals surface area contributed by atoms with Gasteiger partial charge in [0.25, 0.3) is 0 Å². The molecule has 2 N–H and O–H groups in total. The standard InChI is InChI=1S/C11H13ClF3NO/c1-7(6-17)16-5-8-2-3-10(12)9(4-8)11(13,14)15/h2-4,7,16-17H,5-6H2,1H3/t7-/m1/s1. The predicted molar refractivity (Wildman–Crippen MR) is 59.8 cm³/mol. The van der Waals surface area contributed by atoms with Crippen LogP contribution in [0.1, 0.15) is 18.1 Å². The van der Waals surface area contributed by atoms with E-state index in [9.17, 15) is 13.2 Å². The molecule has 1 aromatic rings. The number of hydrogen-bond acceptors (Lipinski definition) is 2. The van der Waals surface area contributed by atoms with Crippen LogP contribution in [0.3, 0.4) is 0 Å². The van der Waals surface area contributed by atoms with Gasteiger partial charge >= 0.3 is 6.18 Å². The van der Waals surface area contributed by atoms with Crippen LogP contribution in [0, 0.1) is 0 Å². The maximum absolute atomic E-state index is 12.5. The monoisotopic (exact) mass is 267 g/mol. The molecule has 0 radical (unpaired) electrons. The zero-order chi connectivity index (χ0) is 13.1. The summed E-state index contributed by atoms with van der Waals surface area (Å²) in [6.45, 7) is 1.92. The van der Waals surface area contributed by atoms with Crippen LogP contribution in [0.15, 0.2) is 18.2 Å². The Balaban J connectivity index is 2.82. The quantitative estimate of drug-likeness (QED) is 0.879. The van der Waals surface area contributed by atoms with E-state index in [0.717, 1.165) is 6.07 Å². The van der Waals surface area contributed by atoms with Crippen molar-refractivity contribution in [3.05, 3.63) is 34.3 Å². The van der Waals surface area contributed by atoms with Crippen LogP contribution < -0.4 is 5.32 Å². The van der Waals surface area contributed by atoms with Crippen molar-refractivity contribution in [2.75, 3.05) is 6.61 Å². The van der Waals surface area contributed by atoms with Gasteiger partial charge in [-0.2, -0.15) is 13.2 Å². The Labute approximate surface area is 102 Å². The van der Waals surface area contributed by atoms with E-state index in [-0.39, 0.29) is 24.2 Å². The highest BCUT2D eigenvalue weighted by Gasteiger charge is 2.33. The summed E-state index contributed by atoms with van der Waals surface area (Å²) in [5.74, 6) is 0. The minimum absolute atomic E-state index is 0.0697. The fraction of sp³-hybridized carbons (Fsp3) is 0.455. The lowest BCUT2D eigenvalue weighted by atomic mass is 10.1. The molecule has 1 atom stereocenters. The van der Waals surface area contributed by atoms with Gasteiger partial charge in [-0.25, -0.2) is 0 Å². The van der Waals surface area contributed by atoms with Crippen LogP contribution in [0.25, 0.3) is 0 Å². The average molecular weight is 268 g/mol. The van der Waals surface area contributed by atoms with Crippen LogP contribution in [-0.2, 0) is 12.7 Å². The first-order valence-corrected chi connectivity index (χ1v) is 5.42. The lowest BCUT2D eigenvalue weighted by Crippen LogP contribution is -2.28. The molecule has 0 spiro atoms. The van der Waals surface area contributed by atoms with Crippen molar-refractivity contribution in [2.24, 2.45) is 0 Å². The van der Waals surface area contributed by atoms with Crippen LogP contribution in [0.4, 0.5) is 13.2 Å². The highest BCUT2D eigenvalue weighted by Crippen LogP contribution is 2.35. The third-order valence-electron chi connectivity index (χ3n) is 2.26. The second-order valence-electron chi connectivity index (χ2n) is 3.78. The Morgan fingerprint density at radius 1 is 1.41 bits per heavy atom. The smallest absolute Gasteiger partial charge is 0.395 e. The third-order valence-corrected chi connectivity index (χ3v) is 2.59. The molecule has 17 heavy (non-hydrogen) atoms. The number of benzene rings is 1. The number of nitrogens with one attached hydrogen (secondary N) is 1. The van der Waals surface area contributed by atoms with Crippen LogP contribution in [0.2, 0.25) is 5.02 Å². The first kappa shape index (κ1) is 14.3. The minimum Gasteiger partial charge on any atom is -0.395 e. The normalized spacial score (nSPS) is 13.8. The van der Waals surface area contributed by atoms with E-state index in [1.54, 1.807) is 6.92 Å². The Morgan fingerprint density at radius 3 is 2.59 bits per heavy atom. The molecule has 0 heterocycles. The molecule has 0 aromatic heterocycles. The van der Waals surface area contributed by atoms with E-state index in [0.29, 0.717) is 5.56 Å². The summed E-state index contributed by atoms with van der Waals surface area (Å²) in [4.78, 5) is 0. The highest BCUT2D eigenvalue weighted by molar-refractivity contribution is 6.31. The molecule has 1 aromatic carbocycles. The number of aliphatic hydroxyl groups is 1. The lowest BCUT2D eigenvalue weighted by Gasteiger charge is -2.13. The fourth-order valence-corrected chi connectivity index (χ4v) is 1.48. The number of hydrogen-bond donors (Lipinski definition) is 2. The molecule has 0 amide bonds. The maximum Gasteiger partial charge on any atom is 0.417 e. The van der Waals surface area contributed by atoms with Gasteiger partial charge in [0.05, 0.1) is 17.2 Å². The van der Waals surface area contributed by atoms with Gasteiger partial charge in [-0.15, -0.1) is 0 Å². The van der Waals surface area contributed by atoms with Gasteiger partial charge in [-0.3, -0.25) is 0 Å². The van der Waals surface area contributed by atoms with Gasteiger partial charge in [0, 0.05) is 12.6 Å². The fourth-order valence-electron chi connectivity index (χ4n) is 1.26. The topological polar surface area (TPSA) is 32.3 Å². The molecule has 0 saturated heterocycles. The van der Waals surface area contributed by atoms with E-state index in [1.165, 1.54) is 12.1 Å². The Hall–Kier alpha value is -0.780. The number of alkyl halides is 3. The summed E-state index contributed by atoms with van der Waals surface area (Å²) in [6.07, 6.45) is -4.45. The molecule has 6 heteroatoms. The van der Waals surface area contributed by atoms with Gasteiger partial charge in [0.1, 0.15) is 0 Å². The van der Waals surface area contributed by atoms with Gasteiger partial charge in [-0.05, 0) is 24.6 Å². The van der Waals surface area contributed by atoms with Gasteiger partial charge in [0.2, 0.25) is 0 Å². The molecule has 96 valence electrons. The molecule has 0 bridgehead atoms. The summed E-state index contributed by atoms with van der Waals surface area (Å²) in [5, 5.41) is 11.4. The summed E-state index contributed by atoms with van der Waals surface area (Å²) < 4.78 is 37.6. The number of aliphatic hydroxyl groups excluding tert-OH is 1. The van der Waals surface area contributed by atoms with Crippen LogP contribution in [0.5, 0.6) is 0 Å². The first-order chi connectivity index (χ1) is 7.84. The van der Waals surface area contributed by atoms with Crippen molar-refractivity contribution in [3.63, 3.8) is 0 Å². The maximum atomic E-state index is 12.5. The molecule has 1 rings (SSSR count). The summed E-state index contributed by atoms with van der Waals surface area (Å²) in [6, 6.07) is 3.60. The predicted octanol–water partition coefficient (Wildman–Crippen LogP) is 2.83. The van der Waals surface area contributed by atoms with Crippen molar-refractivity contribution < 1.29 is 18.3 Å². The van der Waals surface area contributed by atoms with Crippen LogP contribution in [-0.4, -0.2) is 17.8 Å². The Bertz CT molecular complexity index is 381. The molecule has 0 saturated carbocycles. The van der Waals surface area contributed by atoms with Gasteiger partial charge < -0.3 is 10.4 Å². The van der Waals surface area contributed by atoms with E-state index in [1.807, 2.05) is 0 Å². The molecule has 0 aliphatic heterocycles. The van der Waals surface area contributed by atoms with E-state index in [4.69, 9.17) is 16.7 Å². The second-order valence-corrected chi connectivity index (χ2v) is 4.18. The molecule has 2 nitrogen and oxygen atoms in total. The van der Waals surface area contributed by atoms with Crippen LogP contribution >= 0.6 is 11.6 Å². The summed E-state index contributed by atoms with van der Waals surface area (Å²) in [5.41, 5.74) is -0.364. The number of rotatable bonds is 4. The Kier molecular flexibility index (Phi) is 4.80. The summed E-state index contributed by atoms with van der Waals surface area (Å²) >= 11 is 5.49. The molecular weight excluding hydrogens is 255 g/mol. The molecule has 0 unspecified atom stereocenters. The zero-order valence-corrected chi connectivity index (χ0v) is 9.94. The Morgan fingerprint density at radius 2 is 2.06 bits per heavy atom. The molecular formula is C11H13ClF3NO. The van der Waals surface area contributed by atoms with Crippen molar-refractivity contribution in [1.29, 1.82) is 0 Å². The van der Waals surface area contributed by atoms with Crippen molar-refractivity contribution in [2.45, 2.75) is 25.7 Å². The van der Waals surface area contributed by atoms with Gasteiger partial charge in [0.15, 0.2) is 0 Å². The molecule has 0 fully saturated rings. The van der Waals surface area contributed by atoms with E-state index >= 15 is 0 Å². The largest absolute Gasteiger partial charge is 0.417 e. The SMILES string of the molecule is C[C@H](CO)NCc1ccc(Cl)c(C(F)(F)F)c1. The molecule has 0 aliphatic carbocycles. The van der Waals surface area contributed by atoms with Gasteiger partial charge in [-0.1, -0.05) is 17.7 Å². The van der Waals surface area contributed by atoms with E-state index in [2.05, 4.69) is 5.32 Å². The number of halogens is 4. The first-order valence-electron chi connectivity index (χ1n) is 5.04. The third kappa shape index (κ3) is 4.18. The van der Waals surface area contributed by atoms with Crippen molar-refractivity contribution in [3.8, 4) is 0 Å². The van der Waals surface area contributed by atoms with E-state index < -0.39 is 11.7 Å². The highest BCUT2D eigenvalue weighted by atomic mass is 35.5. The lowest BCUT2D eigenvalue weighted by molar-refractivity contribution is -0.137. The van der Waals surface area contributed by atoms with Crippen molar-refractivity contribution >= 4 is 11.6 Å². The second kappa shape index (κ2) is 5.71. The van der Waals surface area contributed by atoms with Crippen molar-refractivity contribution in [1.82, 2.24) is 5.32 Å². The zero-order valence-electron chi connectivity index (χ0n) is 9.18. The minimum atomic E-state index is -4.45. The average Bonchev–Trinajstić information content (AvgIpc) is 2.26. The summed E-state index contributed by atoms with van der Waals surface area (Å²) in [7, 11) is 0.